The number of nitrogens with zero attached hydrogens (tertiary/aromatic N) is 1. The van der Waals surface area contributed by atoms with Gasteiger partial charge in [-0.2, -0.15) is 0 Å². The molecule has 0 aliphatic carbocycles. The van der Waals surface area contributed by atoms with Gasteiger partial charge in [0.05, 0.1) is 25.0 Å². The van der Waals surface area contributed by atoms with E-state index in [1.54, 1.807) is 0 Å². The Hall–Kier alpha value is -4.62. The van der Waals surface area contributed by atoms with E-state index in [2.05, 4.69) is 29.4 Å². The van der Waals surface area contributed by atoms with Gasteiger partial charge in [0.1, 0.15) is 37.5 Å². The Bertz CT molecular complexity index is 1430. The number of carbonyl (C=O) groups is 1. The number of aliphatic carboxylic acids is 1. The van der Waals surface area contributed by atoms with Crippen LogP contribution in [0.3, 0.4) is 0 Å². The van der Waals surface area contributed by atoms with E-state index in [0.29, 0.717) is 37.0 Å². The van der Waals surface area contributed by atoms with Gasteiger partial charge < -0.3 is 24.2 Å². The minimum Gasteiger partial charge on any atom is -0.489 e. The summed E-state index contributed by atoms with van der Waals surface area (Å²) < 4.78 is 17.2. The molecule has 1 N–H and O–H groups in total. The average molecular weight is 538 g/mol. The van der Waals surface area contributed by atoms with E-state index in [9.17, 15) is 9.90 Å². The van der Waals surface area contributed by atoms with Crippen LogP contribution in [0.1, 0.15) is 23.1 Å². The second kappa shape index (κ2) is 12.5. The first-order valence-corrected chi connectivity index (χ1v) is 13.1. The molecule has 4 aromatic rings. The van der Waals surface area contributed by atoms with Crippen molar-refractivity contribution in [2.24, 2.45) is 5.16 Å². The van der Waals surface area contributed by atoms with Crippen molar-refractivity contribution < 1.29 is 28.9 Å². The van der Waals surface area contributed by atoms with E-state index in [1.807, 2.05) is 78.9 Å². The lowest BCUT2D eigenvalue weighted by molar-refractivity contribution is -0.145. The maximum atomic E-state index is 11.3. The lowest BCUT2D eigenvalue weighted by Gasteiger charge is -2.40. The first-order valence-electron chi connectivity index (χ1n) is 13.1. The molecule has 40 heavy (non-hydrogen) atoms. The Morgan fingerprint density at radius 2 is 1.45 bits per heavy atom. The molecule has 0 spiro atoms. The van der Waals surface area contributed by atoms with Crippen LogP contribution in [0.5, 0.6) is 11.5 Å². The maximum Gasteiger partial charge on any atom is 0.304 e. The number of benzene rings is 4. The molecule has 204 valence electrons. The summed E-state index contributed by atoms with van der Waals surface area (Å²) >= 11 is 0. The summed E-state index contributed by atoms with van der Waals surface area (Å²) in [6, 6.07) is 33.7. The van der Waals surface area contributed by atoms with Crippen LogP contribution in [-0.2, 0) is 26.4 Å². The molecule has 0 radical (unpaired) electrons. The lowest BCUT2D eigenvalue weighted by Crippen LogP contribution is -2.48. The zero-order valence-corrected chi connectivity index (χ0v) is 22.3. The molecule has 1 aliphatic rings. The van der Waals surface area contributed by atoms with Gasteiger partial charge in [-0.25, -0.2) is 0 Å². The van der Waals surface area contributed by atoms with Gasteiger partial charge >= 0.3 is 5.97 Å². The third-order valence-electron chi connectivity index (χ3n) is 6.94. The highest BCUT2D eigenvalue weighted by Crippen LogP contribution is 2.36. The molecular formula is C33H31NO6. The number of hydrogen-bond donors (Lipinski definition) is 1. The lowest BCUT2D eigenvalue weighted by atomic mass is 9.76. The van der Waals surface area contributed by atoms with Crippen molar-refractivity contribution in [3.8, 4) is 22.6 Å². The van der Waals surface area contributed by atoms with Crippen molar-refractivity contribution in [1.29, 1.82) is 0 Å². The monoisotopic (exact) mass is 537 g/mol. The van der Waals surface area contributed by atoms with E-state index in [1.165, 1.54) is 7.11 Å². The van der Waals surface area contributed by atoms with Crippen LogP contribution in [0.4, 0.5) is 0 Å². The van der Waals surface area contributed by atoms with E-state index in [4.69, 9.17) is 19.0 Å². The van der Waals surface area contributed by atoms with Gasteiger partial charge in [-0.3, -0.25) is 4.79 Å². The highest BCUT2D eigenvalue weighted by Gasteiger charge is 2.42. The van der Waals surface area contributed by atoms with Crippen LogP contribution >= 0.6 is 0 Å². The van der Waals surface area contributed by atoms with Crippen LogP contribution in [0, 0.1) is 0 Å². The van der Waals surface area contributed by atoms with Gasteiger partial charge in [0.2, 0.25) is 0 Å². The van der Waals surface area contributed by atoms with E-state index >= 15 is 0 Å². The summed E-state index contributed by atoms with van der Waals surface area (Å²) in [5.41, 5.74) is 5.41. The fourth-order valence-electron chi connectivity index (χ4n) is 4.67. The van der Waals surface area contributed by atoms with Crippen molar-refractivity contribution in [2.75, 3.05) is 26.9 Å². The van der Waals surface area contributed by atoms with Gasteiger partial charge in [-0.1, -0.05) is 84.0 Å². The van der Waals surface area contributed by atoms with E-state index in [0.717, 1.165) is 27.8 Å². The molecule has 7 nitrogen and oxygen atoms in total. The van der Waals surface area contributed by atoms with Crippen molar-refractivity contribution in [3.05, 3.63) is 120 Å². The van der Waals surface area contributed by atoms with Crippen LogP contribution < -0.4 is 9.47 Å². The van der Waals surface area contributed by atoms with Crippen LogP contribution in [0.25, 0.3) is 11.1 Å². The normalized spacial score (nSPS) is 14.2. The highest BCUT2D eigenvalue weighted by molar-refractivity contribution is 6.01. The molecule has 5 rings (SSSR count). The molecule has 1 fully saturated rings. The summed E-state index contributed by atoms with van der Waals surface area (Å²) in [6.07, 6.45) is 0.0565. The smallest absolute Gasteiger partial charge is 0.304 e. The SMILES string of the molecule is CON=C(COc1ccc(COc2ccc(C3(CC(=O)O)COC3)cc2)cc1)c1ccc(-c2ccccc2)cc1. The molecule has 7 heteroatoms. The zero-order chi connectivity index (χ0) is 27.8. The molecular weight excluding hydrogens is 506 g/mol. The second-order valence-electron chi connectivity index (χ2n) is 9.75. The maximum absolute atomic E-state index is 11.3. The Morgan fingerprint density at radius 3 is 2.05 bits per heavy atom. The largest absolute Gasteiger partial charge is 0.489 e. The number of carboxylic acid groups (broad SMARTS) is 1. The second-order valence-corrected chi connectivity index (χ2v) is 9.75. The summed E-state index contributed by atoms with van der Waals surface area (Å²) in [5.74, 6) is 0.605. The van der Waals surface area contributed by atoms with Crippen molar-refractivity contribution in [1.82, 2.24) is 0 Å². The van der Waals surface area contributed by atoms with Gasteiger partial charge in [0.25, 0.3) is 0 Å². The minimum absolute atomic E-state index is 0.0565. The number of carboxylic acids is 1. The summed E-state index contributed by atoms with van der Waals surface area (Å²) in [7, 11) is 1.52. The first-order chi connectivity index (χ1) is 19.5. The predicted molar refractivity (Wildman–Crippen MR) is 153 cm³/mol. The van der Waals surface area contributed by atoms with Gasteiger partial charge in [0.15, 0.2) is 0 Å². The minimum atomic E-state index is -0.823. The molecule has 1 aliphatic heterocycles. The topological polar surface area (TPSA) is 86.6 Å². The third kappa shape index (κ3) is 6.50. The fraction of sp³-hybridized carbons (Fsp3) is 0.212. The number of hydrogen-bond acceptors (Lipinski definition) is 6. The molecule has 0 saturated carbocycles. The molecule has 4 aromatic carbocycles. The van der Waals surface area contributed by atoms with Crippen LogP contribution in [0.15, 0.2) is 108 Å². The number of rotatable bonds is 12. The van der Waals surface area contributed by atoms with Crippen molar-refractivity contribution >= 4 is 11.7 Å². The molecule has 0 bridgehead atoms. The third-order valence-corrected chi connectivity index (χ3v) is 6.94. The molecule has 1 heterocycles. The molecule has 0 unspecified atom stereocenters. The fourth-order valence-corrected chi connectivity index (χ4v) is 4.67. The van der Waals surface area contributed by atoms with E-state index < -0.39 is 11.4 Å². The molecule has 0 amide bonds. The van der Waals surface area contributed by atoms with Gasteiger partial charge in [-0.05, 0) is 46.5 Å². The van der Waals surface area contributed by atoms with Crippen molar-refractivity contribution in [3.63, 3.8) is 0 Å². The standard InChI is InChI=1S/C33H31NO6/c1-37-34-31(27-11-9-26(10-12-27)25-5-3-2-4-6-25)21-40-29-15-7-24(8-16-29)20-39-30-17-13-28(14-18-30)33(19-32(35)36)22-38-23-33/h2-18H,19-23H2,1H3,(H,35,36). The van der Waals surface area contributed by atoms with E-state index in [-0.39, 0.29) is 13.0 Å². The van der Waals surface area contributed by atoms with Crippen molar-refractivity contribution in [2.45, 2.75) is 18.4 Å². The molecule has 1 saturated heterocycles. The van der Waals surface area contributed by atoms with Crippen LogP contribution in [0.2, 0.25) is 0 Å². The summed E-state index contributed by atoms with van der Waals surface area (Å²) in [4.78, 5) is 16.3. The summed E-state index contributed by atoms with van der Waals surface area (Å²) in [6.45, 7) is 1.50. The average Bonchev–Trinajstić information content (AvgIpc) is 2.97. The highest BCUT2D eigenvalue weighted by atomic mass is 16.6. The summed E-state index contributed by atoms with van der Waals surface area (Å²) in [5, 5.41) is 13.4. The van der Waals surface area contributed by atoms with Crippen LogP contribution in [-0.4, -0.2) is 43.7 Å². The zero-order valence-electron chi connectivity index (χ0n) is 22.3. The first kappa shape index (κ1) is 27.0. The Morgan fingerprint density at radius 1 is 0.825 bits per heavy atom. The van der Waals surface area contributed by atoms with Gasteiger partial charge in [-0.15, -0.1) is 0 Å². The predicted octanol–water partition coefficient (Wildman–Crippen LogP) is 6.10. The Balaban J connectivity index is 1.14. The Labute approximate surface area is 233 Å². The van der Waals surface area contributed by atoms with Gasteiger partial charge in [0, 0.05) is 5.56 Å². The number of oxime groups is 1. The number of ether oxygens (including phenoxy) is 3. The Kier molecular flexibility index (Phi) is 8.42. The molecule has 0 atom stereocenters. The quantitative estimate of drug-likeness (QED) is 0.173. The molecule has 0 aromatic heterocycles.